The van der Waals surface area contributed by atoms with Crippen LogP contribution in [0.1, 0.15) is 37.0 Å². The molecule has 0 bridgehead atoms. The number of nitrogens with one attached hydrogen (secondary N) is 2. The number of unbranched alkanes of at least 4 members (excludes halogenated alkanes) is 1. The molecule has 0 unspecified atom stereocenters. The highest BCUT2D eigenvalue weighted by Gasteiger charge is 2.16. The summed E-state index contributed by atoms with van der Waals surface area (Å²) in [5.41, 5.74) is 4.23. The summed E-state index contributed by atoms with van der Waals surface area (Å²) in [6.07, 6.45) is 2.88. The first kappa shape index (κ1) is 22.1. The number of hydrogen-bond donors (Lipinski definition) is 2. The molecule has 30 heavy (non-hydrogen) atoms. The normalized spacial score (nSPS) is 12.2. The highest BCUT2D eigenvalue weighted by atomic mass is 16.5. The van der Waals surface area contributed by atoms with Gasteiger partial charge in [0.25, 0.3) is 0 Å². The number of aromatic nitrogens is 1. The molecule has 1 aromatic heterocycles. The number of fused-ring (bicyclic) bond motifs is 1. The molecule has 0 saturated heterocycles. The molecule has 1 atom stereocenters. The second kappa shape index (κ2) is 11.0. The molecule has 0 saturated carbocycles. The van der Waals surface area contributed by atoms with Crippen LogP contribution in [-0.2, 0) is 11.2 Å². The fourth-order valence-corrected chi connectivity index (χ4v) is 3.52. The van der Waals surface area contributed by atoms with E-state index in [2.05, 4.69) is 49.3 Å². The molecular formula is C24H31BN2O3. The smallest absolute Gasteiger partial charge is 0.248 e. The van der Waals surface area contributed by atoms with Crippen LogP contribution in [0, 0.1) is 0 Å². The molecule has 3 rings (SSSR count). The Hall–Kier alpha value is -2.57. The van der Waals surface area contributed by atoms with Crippen LogP contribution in [0.25, 0.3) is 10.9 Å². The minimum absolute atomic E-state index is 0.124. The number of methoxy groups -OCH3 is 1. The van der Waals surface area contributed by atoms with Gasteiger partial charge in [0.2, 0.25) is 5.56 Å². The van der Waals surface area contributed by atoms with Gasteiger partial charge in [0, 0.05) is 25.1 Å². The molecule has 0 spiro atoms. The van der Waals surface area contributed by atoms with Crippen molar-refractivity contribution in [2.24, 2.45) is 0 Å². The lowest BCUT2D eigenvalue weighted by Gasteiger charge is -2.20. The Bertz CT molecular complexity index is 1000. The third kappa shape index (κ3) is 5.74. The molecule has 3 aromatic rings. The van der Waals surface area contributed by atoms with Crippen molar-refractivity contribution < 1.29 is 9.47 Å². The van der Waals surface area contributed by atoms with Crippen molar-refractivity contribution in [3.8, 4) is 5.75 Å². The first-order chi connectivity index (χ1) is 14.6. The lowest BCUT2D eigenvalue weighted by atomic mass is 9.95. The van der Waals surface area contributed by atoms with E-state index in [0.29, 0.717) is 18.9 Å². The lowest BCUT2D eigenvalue weighted by Crippen LogP contribution is -2.25. The summed E-state index contributed by atoms with van der Waals surface area (Å²) in [5, 5.41) is 4.46. The van der Waals surface area contributed by atoms with Gasteiger partial charge in [-0.1, -0.05) is 49.1 Å². The van der Waals surface area contributed by atoms with Gasteiger partial charge in [0.1, 0.15) is 13.6 Å². The van der Waals surface area contributed by atoms with Crippen molar-refractivity contribution in [3.05, 3.63) is 70.0 Å². The standard InChI is InChI=1S/C24H31BN2O3/c1-3-4-15-30-21-11-9-19(20-10-12-23(28)27-24(20)21)22(29-2)16-26-14-13-17-5-7-18(25)8-6-17/h5-12,22,26H,3-4,13-16,25H2,1-2H3,(H,27,28)/t22-/m0/s1. The number of H-pyrrole nitrogens is 1. The highest BCUT2D eigenvalue weighted by molar-refractivity contribution is 6.32. The van der Waals surface area contributed by atoms with E-state index < -0.39 is 0 Å². The minimum atomic E-state index is -0.134. The quantitative estimate of drug-likeness (QED) is 0.380. The molecule has 2 aromatic carbocycles. The average Bonchev–Trinajstić information content (AvgIpc) is 2.75. The van der Waals surface area contributed by atoms with E-state index in [1.807, 2.05) is 18.2 Å². The largest absolute Gasteiger partial charge is 0.491 e. The number of pyridine rings is 1. The Morgan fingerprint density at radius 1 is 1.10 bits per heavy atom. The molecule has 1 heterocycles. The molecule has 158 valence electrons. The first-order valence-corrected chi connectivity index (χ1v) is 10.7. The summed E-state index contributed by atoms with van der Waals surface area (Å²) in [5.74, 6) is 0.710. The zero-order chi connectivity index (χ0) is 21.3. The Morgan fingerprint density at radius 2 is 1.90 bits per heavy atom. The number of rotatable bonds is 11. The van der Waals surface area contributed by atoms with Crippen molar-refractivity contribution >= 4 is 24.2 Å². The van der Waals surface area contributed by atoms with Crippen LogP contribution in [-0.4, -0.2) is 39.6 Å². The molecule has 6 heteroatoms. The summed E-state index contributed by atoms with van der Waals surface area (Å²) in [4.78, 5) is 14.9. The molecule has 2 N–H and O–H groups in total. The van der Waals surface area contributed by atoms with Crippen LogP contribution < -0.4 is 21.1 Å². The molecule has 0 aliphatic carbocycles. The van der Waals surface area contributed by atoms with Gasteiger partial charge in [-0.3, -0.25) is 4.79 Å². The zero-order valence-electron chi connectivity index (χ0n) is 18.2. The number of ether oxygens (including phenoxy) is 2. The van der Waals surface area contributed by atoms with Crippen LogP contribution in [0.3, 0.4) is 0 Å². The maximum atomic E-state index is 11.9. The van der Waals surface area contributed by atoms with Gasteiger partial charge < -0.3 is 19.8 Å². The summed E-state index contributed by atoms with van der Waals surface area (Å²) >= 11 is 0. The van der Waals surface area contributed by atoms with Crippen LogP contribution in [0.2, 0.25) is 0 Å². The topological polar surface area (TPSA) is 63.4 Å². The summed E-state index contributed by atoms with van der Waals surface area (Å²) < 4.78 is 11.7. The number of hydrogen-bond acceptors (Lipinski definition) is 4. The number of benzene rings is 2. The first-order valence-electron chi connectivity index (χ1n) is 10.7. The molecular weight excluding hydrogens is 375 g/mol. The van der Waals surface area contributed by atoms with Gasteiger partial charge in [-0.15, -0.1) is 0 Å². The fraction of sp³-hybridized carbons (Fsp3) is 0.375. The van der Waals surface area contributed by atoms with Crippen LogP contribution >= 0.6 is 0 Å². The van der Waals surface area contributed by atoms with E-state index in [0.717, 1.165) is 42.3 Å². The van der Waals surface area contributed by atoms with Gasteiger partial charge in [-0.25, -0.2) is 0 Å². The van der Waals surface area contributed by atoms with Crippen LogP contribution in [0.15, 0.2) is 53.3 Å². The molecule has 5 nitrogen and oxygen atoms in total. The lowest BCUT2D eigenvalue weighted by molar-refractivity contribution is 0.104. The average molecular weight is 406 g/mol. The SMILES string of the molecule is Bc1ccc(CCNC[C@H](OC)c2ccc(OCCCC)c3[nH]c(=O)ccc23)cc1. The van der Waals surface area contributed by atoms with Crippen LogP contribution in [0.5, 0.6) is 5.75 Å². The van der Waals surface area contributed by atoms with Crippen molar-refractivity contribution in [1.29, 1.82) is 0 Å². The predicted octanol–water partition coefficient (Wildman–Crippen LogP) is 2.49. The molecule has 0 amide bonds. The Morgan fingerprint density at radius 3 is 2.63 bits per heavy atom. The van der Waals surface area contributed by atoms with E-state index in [9.17, 15) is 4.79 Å². The van der Waals surface area contributed by atoms with E-state index in [-0.39, 0.29) is 11.7 Å². The summed E-state index contributed by atoms with van der Waals surface area (Å²) in [7, 11) is 3.82. The Kier molecular flexibility index (Phi) is 8.11. The van der Waals surface area contributed by atoms with Gasteiger partial charge in [-0.05, 0) is 42.6 Å². The summed E-state index contributed by atoms with van der Waals surface area (Å²) in [6.45, 7) is 4.32. The van der Waals surface area contributed by atoms with E-state index in [4.69, 9.17) is 9.47 Å². The zero-order valence-corrected chi connectivity index (χ0v) is 18.2. The summed E-state index contributed by atoms with van der Waals surface area (Å²) in [6, 6.07) is 16.0. The van der Waals surface area contributed by atoms with Gasteiger partial charge in [-0.2, -0.15) is 0 Å². The monoisotopic (exact) mass is 406 g/mol. The van der Waals surface area contributed by atoms with Gasteiger partial charge in [0.15, 0.2) is 0 Å². The number of aromatic amines is 1. The third-order valence-electron chi connectivity index (χ3n) is 5.32. The van der Waals surface area contributed by atoms with Crippen molar-refractivity contribution in [3.63, 3.8) is 0 Å². The maximum absolute atomic E-state index is 11.9. The predicted molar refractivity (Wildman–Crippen MR) is 126 cm³/mol. The van der Waals surface area contributed by atoms with Crippen molar-refractivity contribution in [1.82, 2.24) is 10.3 Å². The molecule has 0 aliphatic heterocycles. The van der Waals surface area contributed by atoms with Gasteiger partial charge in [0.05, 0.1) is 18.2 Å². The Balaban J connectivity index is 1.71. The fourth-order valence-electron chi connectivity index (χ4n) is 3.52. The highest BCUT2D eigenvalue weighted by Crippen LogP contribution is 2.31. The second-order valence-electron chi connectivity index (χ2n) is 7.63. The molecule has 0 aliphatic rings. The van der Waals surface area contributed by atoms with Crippen molar-refractivity contribution in [2.75, 3.05) is 26.8 Å². The maximum Gasteiger partial charge on any atom is 0.248 e. The van der Waals surface area contributed by atoms with Gasteiger partial charge >= 0.3 is 0 Å². The second-order valence-corrected chi connectivity index (χ2v) is 7.63. The van der Waals surface area contributed by atoms with Crippen molar-refractivity contribution in [2.45, 2.75) is 32.3 Å². The van der Waals surface area contributed by atoms with Crippen LogP contribution in [0.4, 0.5) is 0 Å². The van der Waals surface area contributed by atoms with E-state index in [1.54, 1.807) is 13.2 Å². The van der Waals surface area contributed by atoms with E-state index >= 15 is 0 Å². The minimum Gasteiger partial charge on any atom is -0.491 e. The third-order valence-corrected chi connectivity index (χ3v) is 5.32. The molecule has 0 fully saturated rings. The molecule has 0 radical (unpaired) electrons. The van der Waals surface area contributed by atoms with E-state index in [1.165, 1.54) is 11.0 Å². The Labute approximate surface area is 179 Å².